The molecule has 0 N–H and O–H groups in total. The molecule has 2 heterocycles. The third-order valence-electron chi connectivity index (χ3n) is 5.83. The molecule has 0 unspecified atom stereocenters. The molecule has 0 atom stereocenters. The molecular formula is C23H25ClN4O3. The van der Waals surface area contributed by atoms with E-state index in [-0.39, 0.29) is 24.3 Å². The highest BCUT2D eigenvalue weighted by atomic mass is 35.5. The lowest BCUT2D eigenvalue weighted by Crippen LogP contribution is -2.51. The summed E-state index contributed by atoms with van der Waals surface area (Å²) in [6.45, 7) is 5.38. The van der Waals surface area contributed by atoms with E-state index in [4.69, 9.17) is 11.6 Å². The van der Waals surface area contributed by atoms with Crippen LogP contribution in [-0.2, 0) is 4.79 Å². The first-order valence-corrected chi connectivity index (χ1v) is 10.8. The predicted molar refractivity (Wildman–Crippen MR) is 121 cm³/mol. The van der Waals surface area contributed by atoms with Crippen LogP contribution in [0.5, 0.6) is 0 Å². The smallest absolute Gasteiger partial charge is 0.325 e. The molecular weight excluding hydrogens is 416 g/mol. The number of rotatable bonds is 5. The summed E-state index contributed by atoms with van der Waals surface area (Å²) in [6.07, 6.45) is 0. The van der Waals surface area contributed by atoms with E-state index in [9.17, 15) is 14.4 Å². The Labute approximate surface area is 186 Å². The van der Waals surface area contributed by atoms with Gasteiger partial charge in [-0.2, -0.15) is 0 Å². The lowest BCUT2D eigenvalue weighted by molar-refractivity contribution is -0.131. The Kier molecular flexibility index (Phi) is 6.13. The largest absolute Gasteiger partial charge is 0.368 e. The number of nitrogens with zero attached hydrogens (tertiary/aromatic N) is 4. The van der Waals surface area contributed by atoms with Gasteiger partial charge in [0.05, 0.1) is 0 Å². The molecule has 2 aromatic carbocycles. The maximum Gasteiger partial charge on any atom is 0.325 e. The van der Waals surface area contributed by atoms with Crippen molar-refractivity contribution in [2.75, 3.05) is 55.6 Å². The molecule has 0 bridgehead atoms. The number of anilines is 2. The first kappa shape index (κ1) is 21.2. The van der Waals surface area contributed by atoms with Crippen LogP contribution in [0, 0.1) is 0 Å². The zero-order chi connectivity index (χ0) is 22.0. The van der Waals surface area contributed by atoms with E-state index in [1.165, 1.54) is 0 Å². The summed E-state index contributed by atoms with van der Waals surface area (Å²) in [5.41, 5.74) is 2.53. The van der Waals surface area contributed by atoms with Gasteiger partial charge >= 0.3 is 6.03 Å². The highest BCUT2D eigenvalue weighted by Gasteiger charge is 2.32. The van der Waals surface area contributed by atoms with Gasteiger partial charge in [-0.1, -0.05) is 11.6 Å². The summed E-state index contributed by atoms with van der Waals surface area (Å²) < 4.78 is 0. The second kappa shape index (κ2) is 8.98. The first-order chi connectivity index (χ1) is 14.9. The number of Topliss-reactive ketones (excluding diaryl/α,β-unsaturated/α-hetero) is 1. The number of piperazine rings is 1. The van der Waals surface area contributed by atoms with E-state index < -0.39 is 0 Å². The van der Waals surface area contributed by atoms with E-state index in [0.717, 1.165) is 24.5 Å². The fraction of sp³-hybridized carbons (Fsp3) is 0.348. The lowest BCUT2D eigenvalue weighted by atomic mass is 10.1. The van der Waals surface area contributed by atoms with Crippen LogP contribution in [0.3, 0.4) is 0 Å². The third-order valence-corrected chi connectivity index (χ3v) is 6.08. The standard InChI is InChI=1S/C23H25ClN4O3/c1-17(29)18-2-6-20(7-3-18)25-10-12-26(13-11-25)22(30)16-27-14-15-28(23(27)31)21-8-4-19(24)5-9-21/h2-9H,10-16H2,1H3. The molecule has 0 aromatic heterocycles. The number of ketones is 1. The molecule has 2 aliphatic rings. The molecule has 0 spiro atoms. The van der Waals surface area contributed by atoms with Crippen molar-refractivity contribution >= 4 is 40.7 Å². The molecule has 7 nitrogen and oxygen atoms in total. The minimum Gasteiger partial charge on any atom is -0.368 e. The second-order valence-electron chi connectivity index (χ2n) is 7.80. The molecule has 4 rings (SSSR count). The summed E-state index contributed by atoms with van der Waals surface area (Å²) >= 11 is 5.93. The Balaban J connectivity index is 1.29. The maximum atomic E-state index is 12.8. The Bertz CT molecular complexity index is 969. The average Bonchev–Trinajstić information content (AvgIpc) is 3.14. The summed E-state index contributed by atoms with van der Waals surface area (Å²) in [5, 5.41) is 0.622. The summed E-state index contributed by atoms with van der Waals surface area (Å²) in [4.78, 5) is 44.3. The number of urea groups is 1. The fourth-order valence-electron chi connectivity index (χ4n) is 3.97. The van der Waals surface area contributed by atoms with Crippen molar-refractivity contribution in [2.24, 2.45) is 0 Å². The highest BCUT2D eigenvalue weighted by molar-refractivity contribution is 6.30. The van der Waals surface area contributed by atoms with Gasteiger partial charge in [0.1, 0.15) is 6.54 Å². The van der Waals surface area contributed by atoms with Gasteiger partial charge in [-0.25, -0.2) is 4.79 Å². The van der Waals surface area contributed by atoms with E-state index in [2.05, 4.69) is 4.90 Å². The molecule has 0 saturated carbocycles. The molecule has 3 amide bonds. The molecule has 0 radical (unpaired) electrons. The average molecular weight is 441 g/mol. The van der Waals surface area contributed by atoms with Crippen LogP contribution < -0.4 is 9.80 Å². The number of hydrogen-bond acceptors (Lipinski definition) is 4. The topological polar surface area (TPSA) is 64.2 Å². The minimum absolute atomic E-state index is 0.0297. The third kappa shape index (κ3) is 4.66. The predicted octanol–water partition coefficient (Wildman–Crippen LogP) is 3.13. The van der Waals surface area contributed by atoms with Crippen molar-refractivity contribution < 1.29 is 14.4 Å². The monoisotopic (exact) mass is 440 g/mol. The molecule has 162 valence electrons. The normalized spacial score (nSPS) is 16.8. The van der Waals surface area contributed by atoms with Crippen LogP contribution in [0.4, 0.5) is 16.2 Å². The molecule has 2 fully saturated rings. The maximum absolute atomic E-state index is 12.8. The zero-order valence-corrected chi connectivity index (χ0v) is 18.2. The van der Waals surface area contributed by atoms with Gasteiger partial charge in [0.2, 0.25) is 5.91 Å². The van der Waals surface area contributed by atoms with Crippen molar-refractivity contribution in [3.63, 3.8) is 0 Å². The summed E-state index contributed by atoms with van der Waals surface area (Å²) in [6, 6.07) is 14.5. The Morgan fingerprint density at radius 1 is 0.839 bits per heavy atom. The van der Waals surface area contributed by atoms with Crippen LogP contribution in [0.2, 0.25) is 5.02 Å². The van der Waals surface area contributed by atoms with E-state index >= 15 is 0 Å². The molecule has 31 heavy (non-hydrogen) atoms. The van der Waals surface area contributed by atoms with Gasteiger partial charge in [0.15, 0.2) is 5.78 Å². The van der Waals surface area contributed by atoms with Crippen LogP contribution in [0.25, 0.3) is 0 Å². The van der Waals surface area contributed by atoms with Crippen molar-refractivity contribution in [3.05, 3.63) is 59.1 Å². The second-order valence-corrected chi connectivity index (χ2v) is 8.24. The summed E-state index contributed by atoms with van der Waals surface area (Å²) in [5.74, 6) is 0.0194. The van der Waals surface area contributed by atoms with Gasteiger partial charge in [-0.3, -0.25) is 14.5 Å². The van der Waals surface area contributed by atoms with Crippen LogP contribution in [0.1, 0.15) is 17.3 Å². The van der Waals surface area contributed by atoms with Gasteiger partial charge in [-0.15, -0.1) is 0 Å². The van der Waals surface area contributed by atoms with Crippen molar-refractivity contribution in [1.82, 2.24) is 9.80 Å². The summed E-state index contributed by atoms with van der Waals surface area (Å²) in [7, 11) is 0. The molecule has 2 aromatic rings. The van der Waals surface area contributed by atoms with Gasteiger partial charge < -0.3 is 14.7 Å². The Morgan fingerprint density at radius 3 is 2.06 bits per heavy atom. The molecule has 2 aliphatic heterocycles. The van der Waals surface area contributed by atoms with Crippen LogP contribution in [-0.4, -0.2) is 73.3 Å². The number of hydrogen-bond donors (Lipinski definition) is 0. The van der Waals surface area contributed by atoms with Crippen molar-refractivity contribution in [2.45, 2.75) is 6.92 Å². The van der Waals surface area contributed by atoms with E-state index in [1.54, 1.807) is 28.9 Å². The van der Waals surface area contributed by atoms with Crippen LogP contribution >= 0.6 is 11.6 Å². The lowest BCUT2D eigenvalue weighted by Gasteiger charge is -2.36. The molecule has 2 saturated heterocycles. The number of halogens is 1. The Morgan fingerprint density at radius 2 is 1.45 bits per heavy atom. The van der Waals surface area contributed by atoms with Crippen LogP contribution in [0.15, 0.2) is 48.5 Å². The number of carbonyl (C=O) groups is 3. The van der Waals surface area contributed by atoms with Crippen molar-refractivity contribution in [1.29, 1.82) is 0 Å². The van der Waals surface area contributed by atoms with Gasteiger partial charge in [0, 0.05) is 61.2 Å². The molecule has 8 heteroatoms. The highest BCUT2D eigenvalue weighted by Crippen LogP contribution is 2.23. The number of amides is 3. The fourth-order valence-corrected chi connectivity index (χ4v) is 4.10. The zero-order valence-electron chi connectivity index (χ0n) is 17.5. The quantitative estimate of drug-likeness (QED) is 0.670. The number of benzene rings is 2. The first-order valence-electron chi connectivity index (χ1n) is 10.4. The number of carbonyl (C=O) groups excluding carboxylic acids is 3. The van der Waals surface area contributed by atoms with Gasteiger partial charge in [0.25, 0.3) is 0 Å². The Hall–Kier alpha value is -3.06. The SMILES string of the molecule is CC(=O)c1ccc(N2CCN(C(=O)CN3CCN(c4ccc(Cl)cc4)C3=O)CC2)cc1. The minimum atomic E-state index is -0.153. The van der Waals surface area contributed by atoms with E-state index in [0.29, 0.717) is 36.8 Å². The van der Waals surface area contributed by atoms with Gasteiger partial charge in [-0.05, 0) is 55.5 Å². The van der Waals surface area contributed by atoms with Crippen molar-refractivity contribution in [3.8, 4) is 0 Å². The molecule has 0 aliphatic carbocycles. The van der Waals surface area contributed by atoms with E-state index in [1.807, 2.05) is 41.3 Å².